The van der Waals surface area contributed by atoms with Gasteiger partial charge in [0.05, 0.1) is 11.7 Å². The highest BCUT2D eigenvalue weighted by Crippen LogP contribution is 2.66. The number of rotatable bonds is 4. The molecule has 1 fully saturated rings. The fraction of sp³-hybridized carbons (Fsp3) is 0.348. The van der Waals surface area contributed by atoms with Crippen LogP contribution in [0, 0.1) is 11.7 Å². The first-order valence-corrected chi connectivity index (χ1v) is 11.3. The predicted octanol–water partition coefficient (Wildman–Crippen LogP) is 3.24. The summed E-state index contributed by atoms with van der Waals surface area (Å²) in [5.41, 5.74) is 5.77. The van der Waals surface area contributed by atoms with E-state index in [1.165, 1.54) is 42.2 Å². The van der Waals surface area contributed by atoms with Crippen LogP contribution < -0.4 is 20.5 Å². The zero-order valence-electron chi connectivity index (χ0n) is 18.0. The first kappa shape index (κ1) is 21.7. The molecule has 0 unspecified atom stereocenters. The number of carbonyl (C=O) groups excluding carboxylic acids is 1. The molecular formula is C23H22F2N4O3S. The number of fused-ring (bicyclic) bond motifs is 2. The normalized spacial score (nSPS) is 27.9. The Labute approximate surface area is 193 Å². The second-order valence-electron chi connectivity index (χ2n) is 8.37. The van der Waals surface area contributed by atoms with Crippen LogP contribution in [-0.2, 0) is 10.3 Å². The van der Waals surface area contributed by atoms with Crippen LogP contribution in [-0.4, -0.2) is 41.1 Å². The summed E-state index contributed by atoms with van der Waals surface area (Å²) in [5.74, 6) is -0.610. The highest BCUT2D eigenvalue weighted by atomic mass is 32.2. The summed E-state index contributed by atoms with van der Waals surface area (Å²) < 4.78 is 40.2. The van der Waals surface area contributed by atoms with Gasteiger partial charge in [-0.2, -0.15) is 0 Å². The summed E-state index contributed by atoms with van der Waals surface area (Å²) in [7, 11) is 1.56. The number of halogens is 2. The van der Waals surface area contributed by atoms with E-state index in [-0.39, 0.29) is 28.3 Å². The molecule has 0 radical (unpaired) electrons. The van der Waals surface area contributed by atoms with Crippen LogP contribution in [0.5, 0.6) is 11.5 Å². The van der Waals surface area contributed by atoms with Crippen LogP contribution in [0.1, 0.15) is 30.2 Å². The van der Waals surface area contributed by atoms with Crippen molar-refractivity contribution in [2.24, 2.45) is 16.6 Å². The lowest BCUT2D eigenvalue weighted by atomic mass is 9.84. The standard InChI is InChI=1S/C23H22F2N4O3S/c1-22(19-10-23(19,20(30)27-2)33-21(26)29-22)13-7-12(3-4-14(13)24)8-15(25)16-9-17-18(11-28-16)32-6-5-31-17/h3-4,7-9,11,19H,5-6,10H2,1-2H3,(H2,26,29)(H,27,30)/b15-8-/t19-,22+,23-/m0/s1. The average molecular weight is 473 g/mol. The molecule has 3 aliphatic rings. The Bertz CT molecular complexity index is 1220. The van der Waals surface area contributed by atoms with Crippen LogP contribution in [0.2, 0.25) is 0 Å². The number of carbonyl (C=O) groups is 1. The zero-order valence-corrected chi connectivity index (χ0v) is 18.8. The van der Waals surface area contributed by atoms with Gasteiger partial charge in [0.2, 0.25) is 5.91 Å². The number of benzene rings is 1. The molecule has 33 heavy (non-hydrogen) atoms. The highest BCUT2D eigenvalue weighted by molar-refractivity contribution is 8.15. The van der Waals surface area contributed by atoms with Crippen molar-refractivity contribution < 1.29 is 23.0 Å². The van der Waals surface area contributed by atoms with Gasteiger partial charge in [0.15, 0.2) is 16.7 Å². The van der Waals surface area contributed by atoms with Crippen LogP contribution >= 0.6 is 11.8 Å². The number of nitrogens with zero attached hydrogens (tertiary/aromatic N) is 2. The maximum atomic E-state index is 15.0. The van der Waals surface area contributed by atoms with Gasteiger partial charge >= 0.3 is 0 Å². The third-order valence-electron chi connectivity index (χ3n) is 6.33. The molecule has 2 aliphatic heterocycles. The van der Waals surface area contributed by atoms with E-state index in [9.17, 15) is 4.79 Å². The third kappa shape index (κ3) is 3.52. The lowest BCUT2D eigenvalue weighted by molar-refractivity contribution is -0.121. The SMILES string of the molecule is CNC(=O)[C@]12C[C@H]1[C@@](C)(c1cc(/C=C(\F)c3cc4c(cn3)OCCO4)ccc1F)N=C(N)S2. The molecule has 0 saturated heterocycles. The van der Waals surface area contributed by atoms with Gasteiger partial charge in [-0.3, -0.25) is 9.79 Å². The fourth-order valence-electron chi connectivity index (χ4n) is 4.60. The average Bonchev–Trinajstić information content (AvgIpc) is 3.56. The van der Waals surface area contributed by atoms with Gasteiger partial charge in [0, 0.05) is 24.6 Å². The largest absolute Gasteiger partial charge is 0.486 e. The first-order chi connectivity index (χ1) is 15.8. The Balaban J connectivity index is 1.50. The Morgan fingerprint density at radius 2 is 2.06 bits per heavy atom. The topological polar surface area (TPSA) is 98.8 Å². The van der Waals surface area contributed by atoms with E-state index in [0.717, 1.165) is 0 Å². The van der Waals surface area contributed by atoms with E-state index >= 15 is 8.78 Å². The van der Waals surface area contributed by atoms with Gasteiger partial charge in [-0.1, -0.05) is 17.8 Å². The molecule has 1 aliphatic carbocycles. The number of hydrogen-bond donors (Lipinski definition) is 2. The van der Waals surface area contributed by atoms with Crippen molar-refractivity contribution in [2.45, 2.75) is 23.6 Å². The van der Waals surface area contributed by atoms with E-state index in [0.29, 0.717) is 36.7 Å². The van der Waals surface area contributed by atoms with Gasteiger partial charge in [-0.05, 0) is 37.1 Å². The third-order valence-corrected chi connectivity index (χ3v) is 7.63. The molecular weight excluding hydrogens is 450 g/mol. The van der Waals surface area contributed by atoms with Gasteiger partial charge in [-0.25, -0.2) is 13.8 Å². The molecule has 172 valence electrons. The molecule has 5 rings (SSSR count). The number of aromatic nitrogens is 1. The number of amidine groups is 1. The molecule has 10 heteroatoms. The van der Waals surface area contributed by atoms with Gasteiger partial charge in [-0.15, -0.1) is 0 Å². The van der Waals surface area contributed by atoms with Crippen molar-refractivity contribution in [2.75, 3.05) is 20.3 Å². The maximum Gasteiger partial charge on any atom is 0.236 e. The second kappa shape index (κ2) is 7.72. The van der Waals surface area contributed by atoms with Crippen LogP contribution in [0.4, 0.5) is 8.78 Å². The molecule has 2 aromatic rings. The quantitative estimate of drug-likeness (QED) is 0.709. The smallest absolute Gasteiger partial charge is 0.236 e. The summed E-state index contributed by atoms with van der Waals surface area (Å²) in [5, 5.41) is 2.89. The Morgan fingerprint density at radius 3 is 2.82 bits per heavy atom. The minimum atomic E-state index is -1.05. The zero-order chi connectivity index (χ0) is 23.4. The van der Waals surface area contributed by atoms with Crippen molar-refractivity contribution in [1.29, 1.82) is 0 Å². The predicted molar refractivity (Wildman–Crippen MR) is 122 cm³/mol. The Morgan fingerprint density at radius 1 is 1.30 bits per heavy atom. The Kier molecular flexibility index (Phi) is 5.08. The summed E-state index contributed by atoms with van der Waals surface area (Å²) >= 11 is 1.21. The number of ether oxygens (including phenoxy) is 2. The van der Waals surface area contributed by atoms with E-state index in [1.807, 2.05) is 0 Å². The number of thioether (sulfide) groups is 1. The molecule has 3 atom stereocenters. The van der Waals surface area contributed by atoms with Gasteiger partial charge < -0.3 is 20.5 Å². The minimum absolute atomic E-state index is 0.0773. The van der Waals surface area contributed by atoms with Crippen molar-refractivity contribution in [3.63, 3.8) is 0 Å². The Hall–Kier alpha value is -3.14. The molecule has 3 heterocycles. The number of hydrogen-bond acceptors (Lipinski definition) is 7. The van der Waals surface area contributed by atoms with E-state index < -0.39 is 21.9 Å². The second-order valence-corrected chi connectivity index (χ2v) is 9.72. The van der Waals surface area contributed by atoms with Crippen LogP contribution in [0.3, 0.4) is 0 Å². The summed E-state index contributed by atoms with van der Waals surface area (Å²) in [6, 6.07) is 5.77. The van der Waals surface area contributed by atoms with Crippen LogP contribution in [0.15, 0.2) is 35.5 Å². The summed E-state index contributed by atoms with van der Waals surface area (Å²) in [6.07, 6.45) is 3.21. The molecule has 1 amide bonds. The fourth-order valence-corrected chi connectivity index (χ4v) is 6.03. The molecule has 1 aromatic heterocycles. The molecule has 1 saturated carbocycles. The van der Waals surface area contributed by atoms with Crippen molar-refractivity contribution in [3.05, 3.63) is 53.1 Å². The van der Waals surface area contributed by atoms with Gasteiger partial charge in [0.25, 0.3) is 0 Å². The van der Waals surface area contributed by atoms with Crippen molar-refractivity contribution in [3.8, 4) is 11.5 Å². The lowest BCUT2D eigenvalue weighted by Crippen LogP contribution is -2.43. The summed E-state index contributed by atoms with van der Waals surface area (Å²) in [6.45, 7) is 2.55. The number of aliphatic imine (C=N–C) groups is 1. The first-order valence-electron chi connectivity index (χ1n) is 10.5. The number of nitrogens with one attached hydrogen (secondary N) is 1. The van der Waals surface area contributed by atoms with Crippen molar-refractivity contribution in [1.82, 2.24) is 10.3 Å². The highest BCUT2D eigenvalue weighted by Gasteiger charge is 2.70. The molecule has 0 bridgehead atoms. The molecule has 0 spiro atoms. The van der Waals surface area contributed by atoms with E-state index in [1.54, 1.807) is 20.0 Å². The number of amides is 1. The number of nitrogens with two attached hydrogens (primary N) is 1. The van der Waals surface area contributed by atoms with E-state index in [4.69, 9.17) is 15.2 Å². The molecule has 1 aromatic carbocycles. The van der Waals surface area contributed by atoms with Crippen molar-refractivity contribution >= 4 is 34.7 Å². The van der Waals surface area contributed by atoms with Gasteiger partial charge in [0.1, 0.15) is 35.3 Å². The monoisotopic (exact) mass is 472 g/mol. The minimum Gasteiger partial charge on any atom is -0.486 e. The van der Waals surface area contributed by atoms with E-state index in [2.05, 4.69) is 15.3 Å². The number of pyridine rings is 1. The summed E-state index contributed by atoms with van der Waals surface area (Å²) in [4.78, 5) is 21.2. The maximum absolute atomic E-state index is 15.0. The molecule has 7 nitrogen and oxygen atoms in total. The molecule has 3 N–H and O–H groups in total. The lowest BCUT2D eigenvalue weighted by Gasteiger charge is -2.33. The van der Waals surface area contributed by atoms with Crippen LogP contribution in [0.25, 0.3) is 11.9 Å².